The highest BCUT2D eigenvalue weighted by molar-refractivity contribution is 5.87. The summed E-state index contributed by atoms with van der Waals surface area (Å²) in [5, 5.41) is 6.42. The molecule has 0 radical (unpaired) electrons. The number of halogens is 1. The standard InChI is InChI=1S/C16H17FN4O2/c1-11-6-8-21(9-7-11)16(22)19-15-18-14(20-23-15)10-12-2-4-13(17)5-3-12/h2-5H,1,6-10H2,(H,18,19,20,22). The zero-order valence-electron chi connectivity index (χ0n) is 12.6. The molecule has 1 aliphatic rings. The van der Waals surface area contributed by atoms with Gasteiger partial charge in [-0.1, -0.05) is 29.4 Å². The smallest absolute Gasteiger partial charge is 0.324 e. The summed E-state index contributed by atoms with van der Waals surface area (Å²) in [7, 11) is 0. The highest BCUT2D eigenvalue weighted by atomic mass is 19.1. The summed E-state index contributed by atoms with van der Waals surface area (Å²) in [4.78, 5) is 17.9. The monoisotopic (exact) mass is 316 g/mol. The van der Waals surface area contributed by atoms with Crippen LogP contribution in [0.5, 0.6) is 0 Å². The Hall–Kier alpha value is -2.70. The van der Waals surface area contributed by atoms with Crippen molar-refractivity contribution in [2.45, 2.75) is 19.3 Å². The number of aromatic nitrogens is 2. The average molecular weight is 316 g/mol. The summed E-state index contributed by atoms with van der Waals surface area (Å²) < 4.78 is 17.9. The Morgan fingerprint density at radius 3 is 2.70 bits per heavy atom. The van der Waals surface area contributed by atoms with Gasteiger partial charge >= 0.3 is 12.0 Å². The van der Waals surface area contributed by atoms with Gasteiger partial charge < -0.3 is 9.42 Å². The summed E-state index contributed by atoms with van der Waals surface area (Å²) in [5.74, 6) is 0.137. The van der Waals surface area contributed by atoms with E-state index in [1.807, 2.05) is 0 Å². The topological polar surface area (TPSA) is 71.3 Å². The molecule has 3 rings (SSSR count). The van der Waals surface area contributed by atoms with Crippen LogP contribution >= 0.6 is 0 Å². The van der Waals surface area contributed by atoms with Crippen LogP contribution in [0.4, 0.5) is 15.2 Å². The van der Waals surface area contributed by atoms with E-state index in [0.29, 0.717) is 25.3 Å². The third-order valence-electron chi connectivity index (χ3n) is 3.72. The predicted molar refractivity (Wildman–Crippen MR) is 82.5 cm³/mol. The molecule has 6 nitrogen and oxygen atoms in total. The first-order valence-corrected chi connectivity index (χ1v) is 7.40. The minimum Gasteiger partial charge on any atom is -0.324 e. The summed E-state index contributed by atoms with van der Waals surface area (Å²) in [6.07, 6.45) is 2.03. The van der Waals surface area contributed by atoms with E-state index in [9.17, 15) is 9.18 Å². The van der Waals surface area contributed by atoms with E-state index >= 15 is 0 Å². The second-order valence-electron chi connectivity index (χ2n) is 5.49. The molecule has 1 saturated heterocycles. The number of rotatable bonds is 3. The van der Waals surface area contributed by atoms with Crippen LogP contribution in [0, 0.1) is 5.82 Å². The zero-order chi connectivity index (χ0) is 16.2. The van der Waals surface area contributed by atoms with Crippen LogP contribution in [0.2, 0.25) is 0 Å². The number of piperidine rings is 1. The normalized spacial score (nSPS) is 14.8. The van der Waals surface area contributed by atoms with Crippen molar-refractivity contribution in [3.05, 3.63) is 53.6 Å². The Bertz CT molecular complexity index is 701. The van der Waals surface area contributed by atoms with E-state index in [-0.39, 0.29) is 17.9 Å². The fraction of sp³-hybridized carbons (Fsp3) is 0.312. The Labute approximate surface area is 133 Å². The second-order valence-corrected chi connectivity index (χ2v) is 5.49. The molecule has 0 unspecified atom stereocenters. The van der Waals surface area contributed by atoms with Crippen LogP contribution < -0.4 is 5.32 Å². The highest BCUT2D eigenvalue weighted by Gasteiger charge is 2.20. The number of likely N-dealkylation sites (tertiary alicyclic amines) is 1. The lowest BCUT2D eigenvalue weighted by atomic mass is 10.1. The van der Waals surface area contributed by atoms with Crippen LogP contribution in [0.25, 0.3) is 0 Å². The van der Waals surface area contributed by atoms with Gasteiger partial charge in [-0.2, -0.15) is 4.98 Å². The predicted octanol–water partition coefficient (Wildman–Crippen LogP) is 2.98. The van der Waals surface area contributed by atoms with Crippen molar-refractivity contribution in [3.63, 3.8) is 0 Å². The van der Waals surface area contributed by atoms with Crippen molar-refractivity contribution in [2.24, 2.45) is 0 Å². The highest BCUT2D eigenvalue weighted by Crippen LogP contribution is 2.15. The van der Waals surface area contributed by atoms with E-state index in [2.05, 4.69) is 22.0 Å². The molecule has 0 atom stereocenters. The minimum atomic E-state index is -0.293. The Morgan fingerprint density at radius 1 is 1.30 bits per heavy atom. The van der Waals surface area contributed by atoms with Crippen molar-refractivity contribution in [1.29, 1.82) is 0 Å². The number of anilines is 1. The van der Waals surface area contributed by atoms with Gasteiger partial charge in [0.1, 0.15) is 5.82 Å². The van der Waals surface area contributed by atoms with Gasteiger partial charge in [0.15, 0.2) is 5.82 Å². The summed E-state index contributed by atoms with van der Waals surface area (Å²) in [5.41, 5.74) is 2.02. The van der Waals surface area contributed by atoms with E-state index < -0.39 is 0 Å². The quantitative estimate of drug-likeness (QED) is 0.884. The maximum absolute atomic E-state index is 12.9. The van der Waals surface area contributed by atoms with Crippen molar-refractivity contribution < 1.29 is 13.7 Å². The molecule has 7 heteroatoms. The number of urea groups is 1. The van der Waals surface area contributed by atoms with Crippen molar-refractivity contribution in [2.75, 3.05) is 18.4 Å². The number of hydrogen-bond donors (Lipinski definition) is 1. The van der Waals surface area contributed by atoms with Gasteiger partial charge in [0.2, 0.25) is 0 Å². The number of nitrogens with zero attached hydrogens (tertiary/aromatic N) is 3. The van der Waals surface area contributed by atoms with Crippen molar-refractivity contribution in [3.8, 4) is 0 Å². The molecule has 2 aromatic rings. The van der Waals surface area contributed by atoms with Gasteiger partial charge in [0, 0.05) is 19.5 Å². The molecule has 1 aromatic heterocycles. The first-order chi connectivity index (χ1) is 11.1. The van der Waals surface area contributed by atoms with E-state index in [4.69, 9.17) is 4.52 Å². The summed E-state index contributed by atoms with van der Waals surface area (Å²) in [6.45, 7) is 5.20. The van der Waals surface area contributed by atoms with Gasteiger partial charge in [0.25, 0.3) is 0 Å². The molecule has 1 N–H and O–H groups in total. The van der Waals surface area contributed by atoms with E-state index in [1.165, 1.54) is 12.1 Å². The lowest BCUT2D eigenvalue weighted by Gasteiger charge is -2.27. The average Bonchev–Trinajstić information content (AvgIpc) is 2.97. The van der Waals surface area contributed by atoms with Gasteiger partial charge in [-0.05, 0) is 30.5 Å². The Kier molecular flexibility index (Phi) is 4.36. The number of nitrogens with one attached hydrogen (secondary N) is 1. The SMILES string of the molecule is C=C1CCN(C(=O)Nc2nc(Cc3ccc(F)cc3)no2)CC1. The molecule has 1 aromatic carbocycles. The van der Waals surface area contributed by atoms with Crippen LogP contribution in [0.15, 0.2) is 40.9 Å². The minimum absolute atomic E-state index is 0.0662. The number of carbonyl (C=O) groups excluding carboxylic acids is 1. The largest absolute Gasteiger partial charge is 0.329 e. The third kappa shape index (κ3) is 3.94. The fourth-order valence-electron chi connectivity index (χ4n) is 2.36. The van der Waals surface area contributed by atoms with Gasteiger partial charge in [-0.25, -0.2) is 9.18 Å². The maximum Gasteiger partial charge on any atom is 0.329 e. The molecule has 2 heterocycles. The molecule has 2 amide bonds. The molecule has 0 spiro atoms. The third-order valence-corrected chi connectivity index (χ3v) is 3.72. The molecule has 1 fully saturated rings. The van der Waals surface area contributed by atoms with Crippen molar-refractivity contribution >= 4 is 12.0 Å². The Morgan fingerprint density at radius 2 is 2.00 bits per heavy atom. The van der Waals surface area contributed by atoms with Gasteiger partial charge in [-0.3, -0.25) is 5.32 Å². The molecule has 0 saturated carbocycles. The maximum atomic E-state index is 12.9. The van der Waals surface area contributed by atoms with E-state index in [1.54, 1.807) is 17.0 Å². The number of amides is 2. The second kappa shape index (κ2) is 6.60. The number of benzene rings is 1. The van der Waals surface area contributed by atoms with Crippen LogP contribution in [0.1, 0.15) is 24.2 Å². The van der Waals surface area contributed by atoms with Crippen LogP contribution in [0.3, 0.4) is 0 Å². The Balaban J connectivity index is 1.57. The summed E-state index contributed by atoms with van der Waals surface area (Å²) in [6, 6.07) is 5.88. The molecule has 23 heavy (non-hydrogen) atoms. The van der Waals surface area contributed by atoms with Crippen LogP contribution in [-0.2, 0) is 6.42 Å². The zero-order valence-corrected chi connectivity index (χ0v) is 12.6. The first-order valence-electron chi connectivity index (χ1n) is 7.40. The number of hydrogen-bond acceptors (Lipinski definition) is 4. The number of carbonyl (C=O) groups is 1. The molecular formula is C16H17FN4O2. The van der Waals surface area contributed by atoms with Crippen LogP contribution in [-0.4, -0.2) is 34.2 Å². The molecule has 0 bridgehead atoms. The lowest BCUT2D eigenvalue weighted by molar-refractivity contribution is 0.206. The fourth-order valence-corrected chi connectivity index (χ4v) is 2.36. The molecule has 120 valence electrons. The van der Waals surface area contributed by atoms with Gasteiger partial charge in [-0.15, -0.1) is 0 Å². The van der Waals surface area contributed by atoms with Crippen molar-refractivity contribution in [1.82, 2.24) is 15.0 Å². The lowest BCUT2D eigenvalue weighted by Crippen LogP contribution is -2.39. The first kappa shape index (κ1) is 15.2. The summed E-state index contributed by atoms with van der Waals surface area (Å²) >= 11 is 0. The molecule has 1 aliphatic heterocycles. The molecule has 0 aliphatic carbocycles. The van der Waals surface area contributed by atoms with E-state index in [0.717, 1.165) is 24.0 Å². The van der Waals surface area contributed by atoms with Gasteiger partial charge in [0.05, 0.1) is 0 Å². The molecular weight excluding hydrogens is 299 g/mol.